The molecule has 1 aromatic heterocycles. The lowest BCUT2D eigenvalue weighted by molar-refractivity contribution is -0.137. The first kappa shape index (κ1) is 15.6. The van der Waals surface area contributed by atoms with Crippen molar-refractivity contribution < 1.29 is 13.2 Å². The molecule has 0 aliphatic carbocycles. The molecule has 1 aromatic carbocycles. The van der Waals surface area contributed by atoms with Crippen molar-refractivity contribution in [2.75, 3.05) is 5.73 Å². The maximum absolute atomic E-state index is 12.8. The molecule has 21 heavy (non-hydrogen) atoms. The van der Waals surface area contributed by atoms with E-state index < -0.39 is 17.8 Å². The van der Waals surface area contributed by atoms with Gasteiger partial charge < -0.3 is 5.73 Å². The van der Waals surface area contributed by atoms with E-state index in [-0.39, 0.29) is 5.82 Å². The summed E-state index contributed by atoms with van der Waals surface area (Å²) >= 11 is 5.84. The van der Waals surface area contributed by atoms with E-state index in [9.17, 15) is 13.2 Å². The topological polar surface area (TPSA) is 77.0 Å². The van der Waals surface area contributed by atoms with Crippen LogP contribution >= 0.6 is 11.6 Å². The lowest BCUT2D eigenvalue weighted by atomic mass is 9.98. The number of anilines is 1. The van der Waals surface area contributed by atoms with E-state index in [4.69, 9.17) is 23.2 Å². The molecule has 112 valence electrons. The van der Waals surface area contributed by atoms with E-state index in [0.717, 1.165) is 12.1 Å². The Balaban J connectivity index is 2.49. The van der Waals surface area contributed by atoms with Crippen molar-refractivity contribution >= 4 is 17.4 Å². The third-order valence-electron chi connectivity index (χ3n) is 2.94. The summed E-state index contributed by atoms with van der Waals surface area (Å²) in [4.78, 5) is 3.87. The fourth-order valence-corrected chi connectivity index (χ4v) is 2.12. The second kappa shape index (κ2) is 5.88. The molecule has 0 saturated carbocycles. The van der Waals surface area contributed by atoms with E-state index in [1.54, 1.807) is 0 Å². The Morgan fingerprint density at radius 2 is 1.95 bits per heavy atom. The van der Waals surface area contributed by atoms with Gasteiger partial charge in [-0.2, -0.15) is 13.2 Å². The minimum atomic E-state index is -4.44. The average Bonchev–Trinajstić information content (AvgIpc) is 2.43. The van der Waals surface area contributed by atoms with Crippen LogP contribution < -0.4 is 17.0 Å². The Labute approximate surface area is 123 Å². The molecule has 1 heterocycles. The monoisotopic (exact) mass is 316 g/mol. The molecule has 1 unspecified atom stereocenters. The number of benzene rings is 1. The van der Waals surface area contributed by atoms with Crippen LogP contribution in [0, 0.1) is 0 Å². The highest BCUT2D eigenvalue weighted by Crippen LogP contribution is 2.33. The van der Waals surface area contributed by atoms with Crippen LogP contribution in [0.15, 0.2) is 36.5 Å². The smallest absolute Gasteiger partial charge is 0.383 e. The number of nitrogens with one attached hydrogen (secondary N) is 1. The van der Waals surface area contributed by atoms with Crippen LogP contribution in [0.4, 0.5) is 19.0 Å². The van der Waals surface area contributed by atoms with Crippen molar-refractivity contribution in [2.24, 2.45) is 5.84 Å². The molecule has 8 heteroatoms. The molecule has 0 amide bonds. The number of pyridine rings is 1. The number of hydrazine groups is 1. The number of alkyl halides is 3. The Hall–Kier alpha value is -1.83. The van der Waals surface area contributed by atoms with Crippen LogP contribution in [0.3, 0.4) is 0 Å². The summed E-state index contributed by atoms with van der Waals surface area (Å²) in [6, 6.07) is 5.56. The number of nitrogen functional groups attached to an aromatic ring is 1. The van der Waals surface area contributed by atoms with Crippen molar-refractivity contribution in [2.45, 2.75) is 12.2 Å². The van der Waals surface area contributed by atoms with Gasteiger partial charge in [0.25, 0.3) is 0 Å². The molecule has 0 spiro atoms. The van der Waals surface area contributed by atoms with Gasteiger partial charge in [-0.1, -0.05) is 23.7 Å². The Kier molecular flexibility index (Phi) is 4.36. The molecule has 0 saturated heterocycles. The second-order valence-corrected chi connectivity index (χ2v) is 4.79. The van der Waals surface area contributed by atoms with Crippen molar-refractivity contribution in [3.63, 3.8) is 0 Å². The number of halogens is 4. The largest absolute Gasteiger partial charge is 0.416 e. The van der Waals surface area contributed by atoms with Gasteiger partial charge in [0.05, 0.1) is 16.6 Å². The number of nitrogens with zero attached hydrogens (tertiary/aromatic N) is 1. The molecular weight excluding hydrogens is 305 g/mol. The lowest BCUT2D eigenvalue weighted by Gasteiger charge is -2.19. The van der Waals surface area contributed by atoms with Gasteiger partial charge in [0, 0.05) is 11.8 Å². The molecule has 0 radical (unpaired) electrons. The van der Waals surface area contributed by atoms with Gasteiger partial charge in [0.1, 0.15) is 5.82 Å². The third kappa shape index (κ3) is 3.44. The summed E-state index contributed by atoms with van der Waals surface area (Å²) in [7, 11) is 0. The van der Waals surface area contributed by atoms with Crippen LogP contribution in [-0.4, -0.2) is 4.98 Å². The molecule has 4 nitrogen and oxygen atoms in total. The Morgan fingerprint density at radius 1 is 1.24 bits per heavy atom. The highest BCUT2D eigenvalue weighted by Gasteiger charge is 2.31. The molecule has 0 fully saturated rings. The van der Waals surface area contributed by atoms with Crippen LogP contribution in [0.25, 0.3) is 0 Å². The first-order chi connectivity index (χ1) is 9.82. The van der Waals surface area contributed by atoms with Crippen LogP contribution in [0.1, 0.15) is 22.7 Å². The quantitative estimate of drug-likeness (QED) is 0.601. The molecule has 2 rings (SSSR count). The standard InChI is InChI=1S/C13H12ClF3N4/c14-9-5-10(12(18)20-6-9)11(21-19)7-2-1-3-8(4-7)13(15,16)17/h1-6,11,21H,19H2,(H2,18,20). The number of hydrogen-bond acceptors (Lipinski definition) is 4. The first-order valence-electron chi connectivity index (χ1n) is 5.87. The number of hydrogen-bond donors (Lipinski definition) is 3. The Morgan fingerprint density at radius 3 is 2.57 bits per heavy atom. The highest BCUT2D eigenvalue weighted by molar-refractivity contribution is 6.30. The zero-order chi connectivity index (χ0) is 15.6. The average molecular weight is 317 g/mol. The van der Waals surface area contributed by atoms with Crippen molar-refractivity contribution in [3.05, 3.63) is 58.2 Å². The van der Waals surface area contributed by atoms with Crippen molar-refractivity contribution in [3.8, 4) is 0 Å². The van der Waals surface area contributed by atoms with Gasteiger partial charge in [0.2, 0.25) is 0 Å². The zero-order valence-corrected chi connectivity index (χ0v) is 11.4. The van der Waals surface area contributed by atoms with Gasteiger partial charge >= 0.3 is 6.18 Å². The van der Waals surface area contributed by atoms with E-state index in [0.29, 0.717) is 16.1 Å². The van der Waals surface area contributed by atoms with E-state index in [2.05, 4.69) is 10.4 Å². The molecule has 0 aliphatic rings. The van der Waals surface area contributed by atoms with Gasteiger partial charge in [0.15, 0.2) is 0 Å². The molecular formula is C13H12ClF3N4. The predicted octanol–water partition coefficient (Wildman–Crippen LogP) is 2.89. The van der Waals surface area contributed by atoms with E-state index >= 15 is 0 Å². The van der Waals surface area contributed by atoms with Crippen molar-refractivity contribution in [1.82, 2.24) is 10.4 Å². The summed E-state index contributed by atoms with van der Waals surface area (Å²) in [5.74, 6) is 5.60. The van der Waals surface area contributed by atoms with E-state index in [1.807, 2.05) is 0 Å². The fourth-order valence-electron chi connectivity index (χ4n) is 1.96. The minimum absolute atomic E-state index is 0.139. The summed E-state index contributed by atoms with van der Waals surface area (Å²) in [5, 5.41) is 0.312. The number of aromatic nitrogens is 1. The summed E-state index contributed by atoms with van der Waals surface area (Å²) in [6.07, 6.45) is -3.09. The molecule has 0 bridgehead atoms. The predicted molar refractivity (Wildman–Crippen MR) is 74.3 cm³/mol. The molecule has 5 N–H and O–H groups in total. The fraction of sp³-hybridized carbons (Fsp3) is 0.154. The van der Waals surface area contributed by atoms with Gasteiger partial charge in [-0.15, -0.1) is 0 Å². The van der Waals surface area contributed by atoms with E-state index in [1.165, 1.54) is 24.4 Å². The third-order valence-corrected chi connectivity index (χ3v) is 3.15. The van der Waals surface area contributed by atoms with Gasteiger partial charge in [-0.05, 0) is 23.8 Å². The zero-order valence-electron chi connectivity index (χ0n) is 10.7. The van der Waals surface area contributed by atoms with Crippen LogP contribution in [0.5, 0.6) is 0 Å². The first-order valence-corrected chi connectivity index (χ1v) is 6.25. The summed E-state index contributed by atoms with van der Waals surface area (Å²) in [6.45, 7) is 0. The minimum Gasteiger partial charge on any atom is -0.383 e. The normalized spacial score (nSPS) is 13.2. The maximum atomic E-state index is 12.8. The highest BCUT2D eigenvalue weighted by atomic mass is 35.5. The Bertz CT molecular complexity index is 646. The van der Waals surface area contributed by atoms with Crippen molar-refractivity contribution in [1.29, 1.82) is 0 Å². The summed E-state index contributed by atoms with van der Waals surface area (Å²) in [5.41, 5.74) is 8.12. The second-order valence-electron chi connectivity index (χ2n) is 4.35. The lowest BCUT2D eigenvalue weighted by Crippen LogP contribution is -2.30. The molecule has 0 aliphatic heterocycles. The van der Waals surface area contributed by atoms with Crippen LogP contribution in [0.2, 0.25) is 5.02 Å². The molecule has 1 atom stereocenters. The summed E-state index contributed by atoms with van der Waals surface area (Å²) < 4.78 is 38.3. The van der Waals surface area contributed by atoms with Gasteiger partial charge in [-0.25, -0.2) is 10.4 Å². The maximum Gasteiger partial charge on any atom is 0.416 e. The number of rotatable bonds is 3. The number of nitrogens with two attached hydrogens (primary N) is 2. The molecule has 2 aromatic rings. The SMILES string of the molecule is NNC(c1cccc(C(F)(F)F)c1)c1cc(Cl)cnc1N. The van der Waals surface area contributed by atoms with Crippen LogP contribution in [-0.2, 0) is 6.18 Å². The van der Waals surface area contributed by atoms with Gasteiger partial charge in [-0.3, -0.25) is 5.84 Å².